The number of rotatable bonds is 15. The molecule has 1 saturated carbocycles. The maximum Gasteiger partial charge on any atom is 0.422 e. The van der Waals surface area contributed by atoms with Crippen molar-refractivity contribution in [3.8, 4) is 6.01 Å². The van der Waals surface area contributed by atoms with Crippen molar-refractivity contribution in [1.29, 1.82) is 0 Å². The van der Waals surface area contributed by atoms with Crippen LogP contribution in [0.5, 0.6) is 6.01 Å². The summed E-state index contributed by atoms with van der Waals surface area (Å²) < 4.78 is 43.8. The van der Waals surface area contributed by atoms with Gasteiger partial charge in [0.05, 0.1) is 12.0 Å². The average Bonchev–Trinajstić information content (AvgIpc) is 3.74. The molecule has 0 spiro atoms. The van der Waals surface area contributed by atoms with Crippen molar-refractivity contribution in [2.24, 2.45) is 5.41 Å². The van der Waals surface area contributed by atoms with Crippen LogP contribution >= 0.6 is 11.6 Å². The molecule has 0 unspecified atom stereocenters. The Morgan fingerprint density at radius 1 is 0.793 bits per heavy atom. The molecule has 4 amide bonds. The quantitative estimate of drug-likeness (QED) is 0.0896. The van der Waals surface area contributed by atoms with Crippen LogP contribution in [-0.4, -0.2) is 82.4 Å². The average molecular weight is 822 g/mol. The van der Waals surface area contributed by atoms with E-state index in [1.807, 2.05) is 30.9 Å². The number of hydrogen-bond acceptors (Lipinski definition) is 10. The molecule has 6 rings (SSSR count). The molecule has 4 aromatic rings. The Labute approximate surface area is 337 Å². The molecule has 0 atom stereocenters. The molecule has 2 aliphatic rings. The zero-order chi connectivity index (χ0) is 41.5. The number of aromatic nitrogens is 3. The predicted molar refractivity (Wildman–Crippen MR) is 211 cm³/mol. The lowest BCUT2D eigenvalue weighted by Crippen LogP contribution is -2.44. The second-order valence-corrected chi connectivity index (χ2v) is 15.5. The summed E-state index contributed by atoms with van der Waals surface area (Å²) in [6.45, 7) is 3.82. The number of carbonyl (C=O) groups is 4. The Morgan fingerprint density at radius 3 is 2.05 bits per heavy atom. The van der Waals surface area contributed by atoms with Crippen LogP contribution in [0.25, 0.3) is 0 Å². The molecule has 58 heavy (non-hydrogen) atoms. The van der Waals surface area contributed by atoms with Gasteiger partial charge in [-0.3, -0.25) is 19.2 Å². The molecule has 1 saturated heterocycles. The minimum atomic E-state index is -4.61. The monoisotopic (exact) mass is 821 g/mol. The number of nitrogens with zero attached hydrogens (tertiary/aromatic N) is 4. The Morgan fingerprint density at radius 2 is 1.41 bits per heavy atom. The molecule has 2 fully saturated rings. The summed E-state index contributed by atoms with van der Waals surface area (Å²) in [5.41, 5.74) is 1.71. The topological polar surface area (TPSA) is 180 Å². The van der Waals surface area contributed by atoms with Gasteiger partial charge in [-0.2, -0.15) is 28.1 Å². The summed E-state index contributed by atoms with van der Waals surface area (Å²) in [6.07, 6.45) is -0.851. The number of likely N-dealkylation sites (tertiary alicyclic amines) is 1. The van der Waals surface area contributed by atoms with E-state index in [1.165, 1.54) is 12.1 Å². The van der Waals surface area contributed by atoms with Gasteiger partial charge in [0.25, 0.3) is 5.91 Å². The first kappa shape index (κ1) is 41.7. The number of alkyl halides is 3. The number of hydrogen-bond donors (Lipinski definition) is 5. The van der Waals surface area contributed by atoms with Crippen LogP contribution in [0.4, 0.5) is 36.4 Å². The van der Waals surface area contributed by atoms with Crippen molar-refractivity contribution in [3.63, 3.8) is 0 Å². The van der Waals surface area contributed by atoms with E-state index in [4.69, 9.17) is 16.3 Å². The first-order valence-corrected chi connectivity index (χ1v) is 19.0. The molecule has 1 aromatic heterocycles. The van der Waals surface area contributed by atoms with Gasteiger partial charge in [0, 0.05) is 48.1 Å². The highest BCUT2D eigenvalue weighted by atomic mass is 35.5. The Kier molecular flexibility index (Phi) is 12.7. The molecule has 0 bridgehead atoms. The summed E-state index contributed by atoms with van der Waals surface area (Å²) >= 11 is 6.04. The van der Waals surface area contributed by atoms with E-state index in [0.29, 0.717) is 22.0 Å². The van der Waals surface area contributed by atoms with Crippen LogP contribution in [-0.2, 0) is 26.3 Å². The SMILES string of the molecule is CC(C)(CNC(=O)C(=O)Nc1ccc(CC(=O)N2CCCC2)cc1)CNC(=O)c1ccc(Nc2nc(NC3(c4ccc(Cl)cc4)CC3)nc(OCC(F)(F)F)n2)cc1. The van der Waals surface area contributed by atoms with Crippen molar-refractivity contribution in [1.82, 2.24) is 30.5 Å². The summed E-state index contributed by atoms with van der Waals surface area (Å²) in [5, 5.41) is 14.7. The third-order valence-electron chi connectivity index (χ3n) is 9.57. The summed E-state index contributed by atoms with van der Waals surface area (Å²) in [4.78, 5) is 64.8. The first-order valence-electron chi connectivity index (χ1n) is 18.7. The molecular weight excluding hydrogens is 779 g/mol. The highest BCUT2D eigenvalue weighted by Crippen LogP contribution is 2.48. The fourth-order valence-corrected chi connectivity index (χ4v) is 6.26. The van der Waals surface area contributed by atoms with Gasteiger partial charge in [0.15, 0.2) is 6.61 Å². The van der Waals surface area contributed by atoms with Gasteiger partial charge in [-0.15, -0.1) is 0 Å². The van der Waals surface area contributed by atoms with E-state index in [0.717, 1.165) is 49.9 Å². The van der Waals surface area contributed by atoms with Gasteiger partial charge in [-0.25, -0.2) is 0 Å². The zero-order valence-electron chi connectivity index (χ0n) is 31.8. The molecule has 18 heteroatoms. The zero-order valence-corrected chi connectivity index (χ0v) is 32.6. The van der Waals surface area contributed by atoms with E-state index in [1.54, 1.807) is 48.5 Å². The summed E-state index contributed by atoms with van der Waals surface area (Å²) in [6, 6.07) is 19.6. The highest BCUT2D eigenvalue weighted by molar-refractivity contribution is 6.39. The molecule has 1 aliphatic carbocycles. The Hall–Kier alpha value is -5.97. The van der Waals surface area contributed by atoms with Gasteiger partial charge in [-0.1, -0.05) is 49.7 Å². The molecular formula is C40H43ClF3N9O5. The molecule has 1 aliphatic heterocycles. The van der Waals surface area contributed by atoms with Crippen molar-refractivity contribution in [2.75, 3.05) is 48.7 Å². The van der Waals surface area contributed by atoms with Crippen LogP contribution in [0.3, 0.4) is 0 Å². The van der Waals surface area contributed by atoms with Crippen LogP contribution in [0, 0.1) is 5.41 Å². The number of anilines is 4. The standard InChI is InChI=1S/C40H43ClF3N9O5/c1-38(2,23-46-33(56)34(57)47-29-13-5-25(6-14-29)21-31(54)53-19-3-4-20-53)22-45-32(55)26-7-15-30(16-8-26)48-35-49-36(51-37(50-35)58-24-40(42,43)44)52-39(17-18-39)27-9-11-28(41)12-10-27/h5-16H,3-4,17-24H2,1-2H3,(H,45,55)(H,46,56)(H,47,57)(H2,48,49,50,51,52). The smallest absolute Gasteiger partial charge is 0.422 e. The third-order valence-corrected chi connectivity index (χ3v) is 9.82. The molecule has 3 aromatic carbocycles. The fourth-order valence-electron chi connectivity index (χ4n) is 6.14. The Balaban J connectivity index is 0.985. The number of halogens is 4. The van der Waals surface area contributed by atoms with E-state index in [-0.39, 0.29) is 37.3 Å². The lowest BCUT2D eigenvalue weighted by molar-refractivity contribution is -0.154. The number of nitrogens with one attached hydrogen (secondary N) is 5. The maximum atomic E-state index is 13.0. The fraction of sp³-hybridized carbons (Fsp3) is 0.375. The third kappa shape index (κ3) is 11.8. The van der Waals surface area contributed by atoms with Crippen LogP contribution in [0.2, 0.25) is 5.02 Å². The van der Waals surface area contributed by atoms with Gasteiger partial charge in [0.1, 0.15) is 0 Å². The number of amides is 4. The second kappa shape index (κ2) is 17.7. The molecule has 5 N–H and O–H groups in total. The van der Waals surface area contributed by atoms with Gasteiger partial charge >= 0.3 is 24.0 Å². The van der Waals surface area contributed by atoms with E-state index in [9.17, 15) is 32.3 Å². The number of benzene rings is 3. The second-order valence-electron chi connectivity index (χ2n) is 15.0. The minimum Gasteiger partial charge on any atom is -0.454 e. The van der Waals surface area contributed by atoms with Crippen LogP contribution in [0.1, 0.15) is 61.0 Å². The summed E-state index contributed by atoms with van der Waals surface area (Å²) in [7, 11) is 0. The molecule has 14 nitrogen and oxygen atoms in total. The highest BCUT2D eigenvalue weighted by Gasteiger charge is 2.45. The van der Waals surface area contributed by atoms with Crippen molar-refractivity contribution < 1.29 is 37.1 Å². The van der Waals surface area contributed by atoms with Gasteiger partial charge in [0.2, 0.25) is 17.8 Å². The number of ether oxygens (including phenoxy) is 1. The molecule has 2 heterocycles. The lowest BCUT2D eigenvalue weighted by Gasteiger charge is -2.25. The Bertz CT molecular complexity index is 2110. The van der Waals surface area contributed by atoms with Gasteiger partial charge < -0.3 is 36.2 Å². The van der Waals surface area contributed by atoms with E-state index < -0.39 is 47.5 Å². The lowest BCUT2D eigenvalue weighted by atomic mass is 9.93. The van der Waals surface area contributed by atoms with Crippen LogP contribution in [0.15, 0.2) is 72.8 Å². The van der Waals surface area contributed by atoms with E-state index >= 15 is 0 Å². The summed E-state index contributed by atoms with van der Waals surface area (Å²) in [5.74, 6) is -2.12. The van der Waals surface area contributed by atoms with Crippen LogP contribution < -0.4 is 31.3 Å². The molecule has 306 valence electrons. The van der Waals surface area contributed by atoms with Crippen molar-refractivity contribution >= 4 is 58.5 Å². The normalized spacial score (nSPS) is 14.6. The first-order chi connectivity index (χ1) is 27.5. The largest absolute Gasteiger partial charge is 0.454 e. The van der Waals surface area contributed by atoms with E-state index in [2.05, 4.69) is 41.5 Å². The predicted octanol–water partition coefficient (Wildman–Crippen LogP) is 5.99. The van der Waals surface area contributed by atoms with Crippen molar-refractivity contribution in [2.45, 2.75) is 57.7 Å². The van der Waals surface area contributed by atoms with Gasteiger partial charge in [-0.05, 0) is 90.8 Å². The van der Waals surface area contributed by atoms with Crippen molar-refractivity contribution in [3.05, 3.63) is 94.5 Å². The number of carbonyl (C=O) groups excluding carboxylic acids is 4. The maximum absolute atomic E-state index is 13.0. The molecule has 0 radical (unpaired) electrons. The minimum absolute atomic E-state index is 0.00502.